The number of ether oxygens (including phenoxy) is 1. The van der Waals surface area contributed by atoms with Gasteiger partial charge in [-0.1, -0.05) is 35.0 Å². The van der Waals surface area contributed by atoms with Gasteiger partial charge in [0.25, 0.3) is 5.91 Å². The van der Waals surface area contributed by atoms with Gasteiger partial charge in [0.05, 0.1) is 24.9 Å². The summed E-state index contributed by atoms with van der Waals surface area (Å²) in [4.78, 5) is 41.5. The van der Waals surface area contributed by atoms with Crippen molar-refractivity contribution in [1.82, 2.24) is 5.32 Å². The molecule has 0 bridgehead atoms. The molecule has 3 aliphatic heterocycles. The van der Waals surface area contributed by atoms with Gasteiger partial charge in [0, 0.05) is 46.9 Å². The third-order valence-electron chi connectivity index (χ3n) is 8.01. The highest BCUT2D eigenvalue weighted by molar-refractivity contribution is 9.10. The molecule has 2 saturated heterocycles. The highest BCUT2D eigenvalue weighted by Gasteiger charge is 2.66. The molecule has 0 radical (unpaired) electrons. The van der Waals surface area contributed by atoms with Gasteiger partial charge in [-0.05, 0) is 55.4 Å². The van der Waals surface area contributed by atoms with Crippen LogP contribution in [0.15, 0.2) is 46.9 Å². The average Bonchev–Trinajstić information content (AvgIpc) is 3.26. The molecule has 2 amide bonds. The number of aliphatic hydroxyl groups excluding tert-OH is 1. The minimum absolute atomic E-state index is 0.0275. The molecule has 10 heteroatoms. The van der Waals surface area contributed by atoms with Gasteiger partial charge in [-0.2, -0.15) is 0 Å². The Kier molecular flexibility index (Phi) is 7.10. The Bertz CT molecular complexity index is 1220. The Labute approximate surface area is 226 Å². The maximum Gasteiger partial charge on any atom is 0.264 e. The molecule has 0 saturated carbocycles. The van der Waals surface area contributed by atoms with Crippen LogP contribution in [0.3, 0.4) is 0 Å². The molecule has 1 spiro atoms. The van der Waals surface area contributed by atoms with Crippen molar-refractivity contribution in [2.75, 3.05) is 36.0 Å². The number of aliphatic hydroxyl groups is 1. The molecule has 2 fully saturated rings. The van der Waals surface area contributed by atoms with Crippen LogP contribution < -0.4 is 15.1 Å². The predicted molar refractivity (Wildman–Crippen MR) is 148 cm³/mol. The summed E-state index contributed by atoms with van der Waals surface area (Å²) in [7, 11) is -2.74. The number of carbonyl (C=O) groups is 2. The molecule has 8 nitrogen and oxygen atoms in total. The summed E-state index contributed by atoms with van der Waals surface area (Å²) in [5, 5.41) is 12.8. The van der Waals surface area contributed by atoms with Gasteiger partial charge in [0.2, 0.25) is 5.91 Å². The SMILES string of the molecule is C[C@@H]1[C@@H]([Si](C)(C)O)[C@H](CCO)O[C@@]12C(=O)N(Cc1cccc(N3CCNCC3=O)c1)c1ccc(Br)cc12. The molecular formula is C27H34BrN3O5Si. The summed E-state index contributed by atoms with van der Waals surface area (Å²) in [6.07, 6.45) is -0.0463. The molecular weight excluding hydrogens is 554 g/mol. The summed E-state index contributed by atoms with van der Waals surface area (Å²) >= 11 is 3.57. The number of halogens is 1. The average molecular weight is 589 g/mol. The highest BCUT2D eigenvalue weighted by atomic mass is 79.9. The van der Waals surface area contributed by atoms with Crippen molar-refractivity contribution in [2.24, 2.45) is 5.92 Å². The van der Waals surface area contributed by atoms with E-state index in [-0.39, 0.29) is 29.9 Å². The van der Waals surface area contributed by atoms with Gasteiger partial charge in [0.1, 0.15) is 0 Å². The first kappa shape index (κ1) is 26.5. The van der Waals surface area contributed by atoms with Gasteiger partial charge in [-0.25, -0.2) is 0 Å². The summed E-state index contributed by atoms with van der Waals surface area (Å²) in [6, 6.07) is 13.6. The van der Waals surface area contributed by atoms with Gasteiger partial charge in [0.15, 0.2) is 13.9 Å². The second-order valence-electron chi connectivity index (χ2n) is 10.8. The summed E-state index contributed by atoms with van der Waals surface area (Å²) in [6.45, 7) is 7.66. The van der Waals surface area contributed by atoms with Gasteiger partial charge in [-0.3, -0.25) is 9.59 Å². The zero-order valence-corrected chi connectivity index (χ0v) is 24.0. The first-order valence-electron chi connectivity index (χ1n) is 12.8. The lowest BCUT2D eigenvalue weighted by molar-refractivity contribution is -0.146. The van der Waals surface area contributed by atoms with Crippen LogP contribution in [0.5, 0.6) is 0 Å². The van der Waals surface area contributed by atoms with Crippen molar-refractivity contribution in [1.29, 1.82) is 0 Å². The van der Waals surface area contributed by atoms with Crippen LogP contribution in [0.2, 0.25) is 18.6 Å². The number of benzene rings is 2. The third-order valence-corrected chi connectivity index (χ3v) is 11.0. The van der Waals surface area contributed by atoms with E-state index in [0.29, 0.717) is 26.1 Å². The number of piperazine rings is 1. The number of nitrogens with one attached hydrogen (secondary N) is 1. The molecule has 3 aliphatic rings. The van der Waals surface area contributed by atoms with E-state index in [1.807, 2.05) is 62.5 Å². The van der Waals surface area contributed by atoms with Crippen LogP contribution in [-0.2, 0) is 26.5 Å². The number of hydrogen-bond donors (Lipinski definition) is 3. The normalized spacial score (nSPS) is 27.9. The van der Waals surface area contributed by atoms with E-state index in [1.165, 1.54) is 0 Å². The molecule has 2 aromatic carbocycles. The fraction of sp³-hybridized carbons (Fsp3) is 0.481. The first-order chi connectivity index (χ1) is 17.6. The second kappa shape index (κ2) is 9.90. The molecule has 198 valence electrons. The lowest BCUT2D eigenvalue weighted by atomic mass is 9.82. The number of amides is 2. The topological polar surface area (TPSA) is 102 Å². The molecule has 2 aromatic rings. The molecule has 4 atom stereocenters. The van der Waals surface area contributed by atoms with Gasteiger partial charge >= 0.3 is 0 Å². The van der Waals surface area contributed by atoms with Crippen LogP contribution in [-0.4, -0.2) is 62.4 Å². The molecule has 3 N–H and O–H groups in total. The summed E-state index contributed by atoms with van der Waals surface area (Å²) in [5.74, 6) is -0.397. The molecule has 37 heavy (non-hydrogen) atoms. The van der Waals surface area contributed by atoms with E-state index in [4.69, 9.17) is 4.74 Å². The van der Waals surface area contributed by atoms with E-state index in [0.717, 1.165) is 33.5 Å². The van der Waals surface area contributed by atoms with Crippen LogP contribution in [0.1, 0.15) is 24.5 Å². The summed E-state index contributed by atoms with van der Waals surface area (Å²) < 4.78 is 7.48. The fourth-order valence-corrected chi connectivity index (χ4v) is 9.45. The quantitative estimate of drug-likeness (QED) is 0.449. The first-order valence-corrected chi connectivity index (χ1v) is 16.6. The van der Waals surface area contributed by atoms with Crippen LogP contribution in [0.25, 0.3) is 0 Å². The van der Waals surface area contributed by atoms with Crippen molar-refractivity contribution in [2.45, 2.75) is 50.2 Å². The maximum atomic E-state index is 14.4. The zero-order chi connectivity index (χ0) is 26.5. The van der Waals surface area contributed by atoms with E-state index in [9.17, 15) is 19.5 Å². The third kappa shape index (κ3) is 4.47. The fourth-order valence-electron chi connectivity index (χ4n) is 6.49. The molecule has 5 rings (SSSR count). The minimum atomic E-state index is -2.74. The zero-order valence-electron chi connectivity index (χ0n) is 21.4. The molecule has 0 aliphatic carbocycles. The Morgan fingerprint density at radius 3 is 2.70 bits per heavy atom. The van der Waals surface area contributed by atoms with Crippen LogP contribution in [0.4, 0.5) is 11.4 Å². The van der Waals surface area contributed by atoms with E-state index in [2.05, 4.69) is 21.2 Å². The number of fused-ring (bicyclic) bond motifs is 2. The Morgan fingerprint density at radius 1 is 1.22 bits per heavy atom. The minimum Gasteiger partial charge on any atom is -0.432 e. The van der Waals surface area contributed by atoms with Crippen molar-refractivity contribution in [3.8, 4) is 0 Å². The lowest BCUT2D eigenvalue weighted by Gasteiger charge is -2.32. The van der Waals surface area contributed by atoms with Crippen molar-refractivity contribution in [3.05, 3.63) is 58.1 Å². The number of hydrogen-bond acceptors (Lipinski definition) is 6. The van der Waals surface area contributed by atoms with Crippen molar-refractivity contribution < 1.29 is 24.2 Å². The van der Waals surface area contributed by atoms with Crippen LogP contribution >= 0.6 is 15.9 Å². The second-order valence-corrected chi connectivity index (χ2v) is 15.7. The molecule has 0 aromatic heterocycles. The smallest absolute Gasteiger partial charge is 0.264 e. The number of carbonyl (C=O) groups excluding carboxylic acids is 2. The number of nitrogens with zero attached hydrogens (tertiary/aromatic N) is 2. The predicted octanol–water partition coefficient (Wildman–Crippen LogP) is 3.11. The van der Waals surface area contributed by atoms with Crippen LogP contribution in [0, 0.1) is 5.92 Å². The molecule has 0 unspecified atom stereocenters. The lowest BCUT2D eigenvalue weighted by Crippen LogP contribution is -2.48. The van der Waals surface area contributed by atoms with E-state index in [1.54, 1.807) is 9.80 Å². The Morgan fingerprint density at radius 2 is 2.00 bits per heavy atom. The standard InChI is InChI=1S/C27H34BrN3O5Si/c1-17-25(37(2,3)35)23(9-12-32)36-27(17)21-14-19(28)7-8-22(21)31(26(27)34)16-18-5-4-6-20(13-18)30-11-10-29-15-24(30)33/h4-8,13-14,17,23,25,29,32,35H,9-12,15-16H2,1-3H3/t17-,23+,25-,27+/m1/s1. The monoisotopic (exact) mass is 587 g/mol. The van der Waals surface area contributed by atoms with Crippen molar-refractivity contribution >= 4 is 47.4 Å². The Hall–Kier alpha value is -2.08. The highest BCUT2D eigenvalue weighted by Crippen LogP contribution is 2.60. The van der Waals surface area contributed by atoms with Gasteiger partial charge < -0.3 is 29.8 Å². The van der Waals surface area contributed by atoms with Gasteiger partial charge in [-0.15, -0.1) is 0 Å². The molecule has 3 heterocycles. The largest absolute Gasteiger partial charge is 0.432 e. The van der Waals surface area contributed by atoms with E-state index >= 15 is 0 Å². The van der Waals surface area contributed by atoms with Crippen molar-refractivity contribution in [3.63, 3.8) is 0 Å². The maximum absolute atomic E-state index is 14.4. The Balaban J connectivity index is 1.53. The number of rotatable bonds is 6. The van der Waals surface area contributed by atoms with E-state index < -0.39 is 20.0 Å². The number of anilines is 2. The summed E-state index contributed by atoms with van der Waals surface area (Å²) in [5.41, 5.74) is 1.86.